The summed E-state index contributed by atoms with van der Waals surface area (Å²) in [6.07, 6.45) is 0. The summed E-state index contributed by atoms with van der Waals surface area (Å²) in [5.41, 5.74) is -0.359. The molecule has 1 N–H and O–H groups in total. The Labute approximate surface area is 141 Å². The van der Waals surface area contributed by atoms with Crippen molar-refractivity contribution in [3.63, 3.8) is 0 Å². The van der Waals surface area contributed by atoms with Gasteiger partial charge in [-0.1, -0.05) is 18.2 Å². The van der Waals surface area contributed by atoms with Crippen molar-refractivity contribution in [1.29, 1.82) is 0 Å². The van der Waals surface area contributed by atoms with Crippen molar-refractivity contribution >= 4 is 11.8 Å². The first kappa shape index (κ1) is 16.7. The smallest absolute Gasteiger partial charge is 0.260 e. The number of likely N-dealkylation sites (N-methyl/N-ethyl adjacent to an activating group) is 2. The third kappa shape index (κ3) is 3.37. The molecule has 130 valence electrons. The van der Waals surface area contributed by atoms with Gasteiger partial charge in [0, 0.05) is 13.6 Å². The van der Waals surface area contributed by atoms with E-state index in [0.717, 1.165) is 0 Å². The lowest BCUT2D eigenvalue weighted by Crippen LogP contribution is -2.73. The molecule has 1 spiro atoms. The van der Waals surface area contributed by atoms with Gasteiger partial charge < -0.3 is 19.7 Å². The summed E-state index contributed by atoms with van der Waals surface area (Å²) in [4.78, 5) is 27.7. The number of morpholine rings is 1. The number of para-hydroxylation sites is 1. The summed E-state index contributed by atoms with van der Waals surface area (Å²) in [5.74, 6) is 0.586. The number of likely N-dealkylation sites (tertiary alicyclic amines) is 1. The Morgan fingerprint density at radius 3 is 2.62 bits per heavy atom. The Morgan fingerprint density at radius 1 is 1.29 bits per heavy atom. The van der Waals surface area contributed by atoms with E-state index in [1.54, 1.807) is 11.9 Å². The third-order valence-electron chi connectivity index (χ3n) is 4.58. The normalized spacial score (nSPS) is 22.8. The van der Waals surface area contributed by atoms with E-state index in [2.05, 4.69) is 5.32 Å². The van der Waals surface area contributed by atoms with Crippen molar-refractivity contribution in [3.8, 4) is 5.75 Å². The van der Waals surface area contributed by atoms with Crippen LogP contribution in [0.1, 0.15) is 0 Å². The number of nitrogens with one attached hydrogen (secondary N) is 1. The molecule has 2 saturated heterocycles. The first-order chi connectivity index (χ1) is 11.5. The first-order valence-corrected chi connectivity index (χ1v) is 8.04. The van der Waals surface area contributed by atoms with Crippen molar-refractivity contribution in [2.24, 2.45) is 0 Å². The zero-order chi connectivity index (χ0) is 17.2. The van der Waals surface area contributed by atoms with Crippen LogP contribution < -0.4 is 10.1 Å². The maximum atomic E-state index is 12.2. The fourth-order valence-electron chi connectivity index (χ4n) is 3.21. The summed E-state index contributed by atoms with van der Waals surface area (Å²) in [6, 6.07) is 9.01. The molecule has 2 aliphatic heterocycles. The Bertz CT molecular complexity index is 601. The standard InChI is InChI=1S/C17H23N3O4/c1-18-16(22)14-8-24-17(10-19(14)2)11-20(12-17)15(21)9-23-13-6-4-3-5-7-13/h3-7,14H,8-12H2,1-2H3,(H,18,22)/t14-/m0/s1. The zero-order valence-corrected chi connectivity index (χ0v) is 14.0. The van der Waals surface area contributed by atoms with Crippen LogP contribution in [-0.4, -0.2) is 80.2 Å². The average Bonchev–Trinajstić information content (AvgIpc) is 2.57. The van der Waals surface area contributed by atoms with Gasteiger partial charge in [0.15, 0.2) is 6.61 Å². The second-order valence-corrected chi connectivity index (χ2v) is 6.39. The molecule has 0 saturated carbocycles. The molecule has 24 heavy (non-hydrogen) atoms. The number of amides is 2. The van der Waals surface area contributed by atoms with E-state index in [1.165, 1.54) is 0 Å². The molecule has 0 bridgehead atoms. The lowest BCUT2D eigenvalue weighted by atomic mass is 9.90. The SMILES string of the molecule is CNC(=O)[C@@H]1COC2(CN(C(=O)COc3ccccc3)C2)CN1C. The van der Waals surface area contributed by atoms with Gasteiger partial charge in [0.1, 0.15) is 17.4 Å². The molecular weight excluding hydrogens is 310 g/mol. The van der Waals surface area contributed by atoms with E-state index in [0.29, 0.717) is 32.0 Å². The largest absolute Gasteiger partial charge is 0.484 e. The first-order valence-electron chi connectivity index (χ1n) is 8.04. The predicted molar refractivity (Wildman–Crippen MR) is 87.7 cm³/mol. The molecule has 0 unspecified atom stereocenters. The van der Waals surface area contributed by atoms with Crippen molar-refractivity contribution in [2.45, 2.75) is 11.6 Å². The third-order valence-corrected chi connectivity index (χ3v) is 4.58. The molecule has 2 aliphatic rings. The minimum Gasteiger partial charge on any atom is -0.484 e. The number of carbonyl (C=O) groups excluding carboxylic acids is 2. The van der Waals surface area contributed by atoms with Crippen molar-refractivity contribution in [2.75, 3.05) is 46.9 Å². The van der Waals surface area contributed by atoms with Gasteiger partial charge in [0.2, 0.25) is 5.91 Å². The zero-order valence-electron chi connectivity index (χ0n) is 14.0. The number of nitrogens with zero attached hydrogens (tertiary/aromatic N) is 2. The van der Waals surface area contributed by atoms with Crippen LogP contribution in [0.5, 0.6) is 5.75 Å². The van der Waals surface area contributed by atoms with Gasteiger partial charge in [-0.3, -0.25) is 14.5 Å². The van der Waals surface area contributed by atoms with Crippen LogP contribution in [0.2, 0.25) is 0 Å². The highest BCUT2D eigenvalue weighted by molar-refractivity contribution is 5.82. The fraction of sp³-hybridized carbons (Fsp3) is 0.529. The molecule has 3 rings (SSSR count). The van der Waals surface area contributed by atoms with Crippen LogP contribution in [0.15, 0.2) is 30.3 Å². The van der Waals surface area contributed by atoms with Gasteiger partial charge >= 0.3 is 0 Å². The van der Waals surface area contributed by atoms with Crippen LogP contribution in [0.4, 0.5) is 0 Å². The van der Waals surface area contributed by atoms with Crippen molar-refractivity contribution in [3.05, 3.63) is 30.3 Å². The monoisotopic (exact) mass is 333 g/mol. The summed E-state index contributed by atoms with van der Waals surface area (Å²) in [6.45, 7) is 2.08. The molecule has 1 aromatic rings. The van der Waals surface area contributed by atoms with E-state index >= 15 is 0 Å². The summed E-state index contributed by atoms with van der Waals surface area (Å²) in [7, 11) is 3.53. The molecule has 2 amide bonds. The van der Waals surface area contributed by atoms with Crippen LogP contribution in [-0.2, 0) is 14.3 Å². The molecule has 7 nitrogen and oxygen atoms in total. The van der Waals surface area contributed by atoms with E-state index in [-0.39, 0.29) is 30.1 Å². The van der Waals surface area contributed by atoms with E-state index in [1.807, 2.05) is 42.3 Å². The molecular formula is C17H23N3O4. The molecule has 0 radical (unpaired) electrons. The van der Waals surface area contributed by atoms with Crippen LogP contribution in [0.25, 0.3) is 0 Å². The van der Waals surface area contributed by atoms with E-state index in [4.69, 9.17) is 9.47 Å². The molecule has 1 atom stereocenters. The molecule has 1 aromatic carbocycles. The van der Waals surface area contributed by atoms with Gasteiger partial charge in [0.25, 0.3) is 5.91 Å². The number of rotatable bonds is 4. The summed E-state index contributed by atoms with van der Waals surface area (Å²) in [5, 5.41) is 2.65. The maximum absolute atomic E-state index is 12.2. The number of ether oxygens (including phenoxy) is 2. The molecule has 0 aliphatic carbocycles. The number of carbonyl (C=O) groups is 2. The number of hydrogen-bond donors (Lipinski definition) is 1. The van der Waals surface area contributed by atoms with Crippen molar-refractivity contribution in [1.82, 2.24) is 15.1 Å². The topological polar surface area (TPSA) is 71.1 Å². The van der Waals surface area contributed by atoms with Crippen LogP contribution in [0, 0.1) is 0 Å². The van der Waals surface area contributed by atoms with E-state index < -0.39 is 0 Å². The van der Waals surface area contributed by atoms with Gasteiger partial charge in [-0.05, 0) is 19.2 Å². The second-order valence-electron chi connectivity index (χ2n) is 6.39. The summed E-state index contributed by atoms with van der Waals surface area (Å²) >= 11 is 0. The predicted octanol–water partition coefficient (Wildman–Crippen LogP) is -0.277. The van der Waals surface area contributed by atoms with Crippen LogP contribution in [0.3, 0.4) is 0 Å². The van der Waals surface area contributed by atoms with Crippen LogP contribution >= 0.6 is 0 Å². The quantitative estimate of drug-likeness (QED) is 0.821. The molecule has 0 aromatic heterocycles. The lowest BCUT2D eigenvalue weighted by Gasteiger charge is -2.54. The maximum Gasteiger partial charge on any atom is 0.260 e. The second kappa shape index (κ2) is 6.78. The minimum absolute atomic E-state index is 0.0246. The number of hydrogen-bond acceptors (Lipinski definition) is 5. The van der Waals surface area contributed by atoms with Gasteiger partial charge in [-0.2, -0.15) is 0 Å². The van der Waals surface area contributed by atoms with E-state index in [9.17, 15) is 9.59 Å². The van der Waals surface area contributed by atoms with Gasteiger partial charge in [-0.25, -0.2) is 0 Å². The Kier molecular flexibility index (Phi) is 4.73. The van der Waals surface area contributed by atoms with Gasteiger partial charge in [-0.15, -0.1) is 0 Å². The molecule has 2 fully saturated rings. The van der Waals surface area contributed by atoms with Gasteiger partial charge in [0.05, 0.1) is 19.7 Å². The fourth-order valence-corrected chi connectivity index (χ4v) is 3.21. The summed E-state index contributed by atoms with van der Waals surface area (Å²) < 4.78 is 11.4. The minimum atomic E-state index is -0.359. The highest BCUT2D eigenvalue weighted by atomic mass is 16.5. The molecule has 2 heterocycles. The highest BCUT2D eigenvalue weighted by Gasteiger charge is 2.51. The average molecular weight is 333 g/mol. The Morgan fingerprint density at radius 2 is 2.00 bits per heavy atom. The Balaban J connectivity index is 1.47. The lowest BCUT2D eigenvalue weighted by molar-refractivity contribution is -0.201. The molecule has 7 heteroatoms. The Hall–Kier alpha value is -2.12. The van der Waals surface area contributed by atoms with Crippen molar-refractivity contribution < 1.29 is 19.1 Å². The number of benzene rings is 1. The highest BCUT2D eigenvalue weighted by Crippen LogP contribution is 2.30.